The number of imidazole rings is 1. The Hall–Kier alpha value is -2.89. The zero-order valence-electron chi connectivity index (χ0n) is 9.79. The van der Waals surface area contributed by atoms with Gasteiger partial charge in [0.1, 0.15) is 11.2 Å². The average Bonchev–Trinajstić information content (AvgIpc) is 3.08. The number of pyridine rings is 1. The molecule has 0 aliphatic carbocycles. The van der Waals surface area contributed by atoms with Crippen LogP contribution in [-0.4, -0.2) is 19.4 Å². The number of H-pyrrole nitrogens is 1. The molecule has 0 radical (unpaired) electrons. The summed E-state index contributed by atoms with van der Waals surface area (Å²) >= 11 is 0. The second kappa shape index (κ2) is 3.55. The molecule has 0 saturated carbocycles. The van der Waals surface area contributed by atoms with Gasteiger partial charge in [-0.3, -0.25) is 9.81 Å². The molecular weight excluding hydrogens is 242 g/mol. The lowest BCUT2D eigenvalue weighted by molar-refractivity contribution is 0.578. The first-order valence-electron chi connectivity index (χ1n) is 5.78. The quantitative estimate of drug-likeness (QED) is 0.542. The van der Waals surface area contributed by atoms with Gasteiger partial charge in [0.2, 0.25) is 0 Å². The summed E-state index contributed by atoms with van der Waals surface area (Å²) in [6.07, 6.45) is 3.46. The number of nitrogens with zero attached hydrogens (tertiary/aromatic N) is 3. The Balaban J connectivity index is 2.16. The van der Waals surface area contributed by atoms with Crippen LogP contribution >= 0.6 is 0 Å². The number of aromatic amines is 1. The predicted octanol–water partition coefficient (Wildman–Crippen LogP) is 1.95. The highest BCUT2D eigenvalue weighted by Crippen LogP contribution is 2.19. The molecule has 0 fully saturated rings. The van der Waals surface area contributed by atoms with E-state index in [9.17, 15) is 0 Å². The van der Waals surface area contributed by atoms with Gasteiger partial charge in [-0.15, -0.1) is 0 Å². The topological polar surface area (TPSA) is 83.0 Å². The van der Waals surface area contributed by atoms with E-state index in [1.54, 1.807) is 12.3 Å². The fourth-order valence-electron chi connectivity index (χ4n) is 2.11. The van der Waals surface area contributed by atoms with Crippen LogP contribution in [-0.2, 0) is 0 Å². The lowest BCUT2D eigenvalue weighted by atomic mass is 10.4. The number of nitrogens with one attached hydrogen (secondary N) is 2. The summed E-state index contributed by atoms with van der Waals surface area (Å²) in [5.41, 5.74) is 2.13. The molecule has 0 unspecified atom stereocenters. The van der Waals surface area contributed by atoms with Gasteiger partial charge in [-0.25, -0.2) is 9.97 Å². The summed E-state index contributed by atoms with van der Waals surface area (Å²) in [6, 6.07) is 9.25. The van der Waals surface area contributed by atoms with Gasteiger partial charge in [0, 0.05) is 6.20 Å². The summed E-state index contributed by atoms with van der Waals surface area (Å²) in [5.74, 6) is 1.24. The number of aromatic nitrogens is 4. The van der Waals surface area contributed by atoms with Crippen molar-refractivity contribution in [1.82, 2.24) is 19.4 Å². The largest absolute Gasteiger partial charge is 0.461 e. The Labute approximate surface area is 106 Å². The maximum atomic E-state index is 7.96. The van der Waals surface area contributed by atoms with E-state index in [4.69, 9.17) is 9.83 Å². The fourth-order valence-corrected chi connectivity index (χ4v) is 2.11. The van der Waals surface area contributed by atoms with Gasteiger partial charge in [0.25, 0.3) is 0 Å². The number of furan rings is 1. The van der Waals surface area contributed by atoms with Crippen LogP contribution in [0.1, 0.15) is 0 Å². The van der Waals surface area contributed by atoms with E-state index in [1.807, 2.05) is 34.9 Å². The van der Waals surface area contributed by atoms with Gasteiger partial charge in [-0.2, -0.15) is 0 Å². The van der Waals surface area contributed by atoms with E-state index >= 15 is 0 Å². The molecule has 0 amide bonds. The smallest absolute Gasteiger partial charge is 0.176 e. The van der Waals surface area contributed by atoms with Crippen LogP contribution in [0, 0.1) is 5.41 Å². The number of rotatable bonds is 1. The van der Waals surface area contributed by atoms with Gasteiger partial charge in [-0.05, 0) is 24.3 Å². The summed E-state index contributed by atoms with van der Waals surface area (Å²) in [5, 5.41) is 7.96. The lowest BCUT2D eigenvalue weighted by Crippen LogP contribution is -2.10. The maximum Gasteiger partial charge on any atom is 0.176 e. The third-order valence-electron chi connectivity index (χ3n) is 2.97. The van der Waals surface area contributed by atoms with Crippen LogP contribution in [0.4, 0.5) is 0 Å². The van der Waals surface area contributed by atoms with Crippen molar-refractivity contribution in [3.63, 3.8) is 0 Å². The Morgan fingerprint density at radius 1 is 1.16 bits per heavy atom. The molecule has 19 heavy (non-hydrogen) atoms. The number of hydrogen-bond acceptors (Lipinski definition) is 4. The second-order valence-corrected chi connectivity index (χ2v) is 4.15. The van der Waals surface area contributed by atoms with Crippen molar-refractivity contribution in [3.05, 3.63) is 48.3 Å². The number of hydrogen-bond donors (Lipinski definition) is 2. The van der Waals surface area contributed by atoms with Crippen LogP contribution < -0.4 is 5.49 Å². The van der Waals surface area contributed by atoms with Crippen LogP contribution in [0.2, 0.25) is 0 Å². The summed E-state index contributed by atoms with van der Waals surface area (Å²) in [4.78, 5) is 11.8. The van der Waals surface area contributed by atoms with E-state index in [1.165, 1.54) is 0 Å². The normalized spacial score (nSPS) is 11.4. The van der Waals surface area contributed by atoms with Gasteiger partial charge >= 0.3 is 0 Å². The third-order valence-corrected chi connectivity index (χ3v) is 2.97. The molecule has 2 N–H and O–H groups in total. The van der Waals surface area contributed by atoms with Crippen molar-refractivity contribution in [1.29, 1.82) is 5.41 Å². The second-order valence-electron chi connectivity index (χ2n) is 4.15. The van der Waals surface area contributed by atoms with E-state index < -0.39 is 0 Å². The van der Waals surface area contributed by atoms with Crippen LogP contribution in [0.5, 0.6) is 0 Å². The van der Waals surface area contributed by atoms with Gasteiger partial charge in [0.05, 0.1) is 6.26 Å². The first-order chi connectivity index (χ1) is 9.33. The van der Waals surface area contributed by atoms with E-state index in [0.717, 1.165) is 0 Å². The highest BCUT2D eigenvalue weighted by Gasteiger charge is 2.11. The predicted molar refractivity (Wildman–Crippen MR) is 68.4 cm³/mol. The van der Waals surface area contributed by atoms with Crippen molar-refractivity contribution in [2.45, 2.75) is 0 Å². The Bertz CT molecular complexity index is 933. The molecule has 4 aromatic rings. The van der Waals surface area contributed by atoms with Gasteiger partial charge < -0.3 is 9.40 Å². The molecule has 0 atom stereocenters. The Morgan fingerprint density at radius 3 is 2.95 bits per heavy atom. The molecule has 92 valence electrons. The van der Waals surface area contributed by atoms with Crippen molar-refractivity contribution >= 4 is 16.8 Å². The van der Waals surface area contributed by atoms with Crippen molar-refractivity contribution in [3.8, 4) is 11.6 Å². The number of fused-ring (bicyclic) bond motifs is 3. The molecule has 0 saturated heterocycles. The van der Waals surface area contributed by atoms with Gasteiger partial charge in [-0.1, -0.05) is 6.07 Å². The van der Waals surface area contributed by atoms with E-state index in [-0.39, 0.29) is 5.49 Å². The van der Waals surface area contributed by atoms with Crippen molar-refractivity contribution in [2.24, 2.45) is 0 Å². The van der Waals surface area contributed by atoms with Crippen molar-refractivity contribution in [2.75, 3.05) is 0 Å². The molecule has 0 spiro atoms. The highest BCUT2D eigenvalue weighted by atomic mass is 16.3. The standard InChI is InChI=1S/C13H9N5O/c14-11-10-13(18-6-2-1-5-9(18)15-11)17-12(16-10)8-4-3-7-19-8/h1-7,14H,(H,16,17). The average molecular weight is 251 g/mol. The molecule has 0 bridgehead atoms. The SMILES string of the molecule is N=c1nc2ccccn2c2nc(-c3ccco3)[nH]c12. The molecule has 4 rings (SSSR count). The first kappa shape index (κ1) is 10.1. The molecular formula is C13H9N5O. The molecule has 0 aromatic carbocycles. The van der Waals surface area contributed by atoms with Crippen LogP contribution in [0.25, 0.3) is 28.4 Å². The molecule has 0 aliphatic heterocycles. The summed E-state index contributed by atoms with van der Waals surface area (Å²) < 4.78 is 7.16. The maximum absolute atomic E-state index is 7.96. The van der Waals surface area contributed by atoms with Crippen LogP contribution in [0.3, 0.4) is 0 Å². The fraction of sp³-hybridized carbons (Fsp3) is 0. The Morgan fingerprint density at radius 2 is 2.11 bits per heavy atom. The molecule has 4 aromatic heterocycles. The third kappa shape index (κ3) is 1.40. The van der Waals surface area contributed by atoms with Gasteiger partial charge in [0.15, 0.2) is 22.7 Å². The van der Waals surface area contributed by atoms with E-state index in [0.29, 0.717) is 28.4 Å². The molecule has 0 aliphatic rings. The van der Waals surface area contributed by atoms with Crippen molar-refractivity contribution < 1.29 is 4.42 Å². The molecule has 6 heteroatoms. The van der Waals surface area contributed by atoms with Crippen LogP contribution in [0.15, 0.2) is 47.2 Å². The monoisotopic (exact) mass is 251 g/mol. The molecule has 6 nitrogen and oxygen atoms in total. The minimum atomic E-state index is 0.173. The summed E-state index contributed by atoms with van der Waals surface area (Å²) in [7, 11) is 0. The first-order valence-corrected chi connectivity index (χ1v) is 5.78. The van der Waals surface area contributed by atoms with E-state index in [2.05, 4.69) is 15.0 Å². The molecule has 4 heterocycles. The zero-order chi connectivity index (χ0) is 12.8. The zero-order valence-corrected chi connectivity index (χ0v) is 9.79. The minimum Gasteiger partial charge on any atom is -0.461 e. The lowest BCUT2D eigenvalue weighted by Gasteiger charge is -1.99. The summed E-state index contributed by atoms with van der Waals surface area (Å²) in [6.45, 7) is 0. The highest BCUT2D eigenvalue weighted by molar-refractivity contribution is 5.76. The Kier molecular flexibility index (Phi) is 1.88. The minimum absolute atomic E-state index is 0.173.